The van der Waals surface area contributed by atoms with Crippen molar-refractivity contribution in [1.29, 1.82) is 0 Å². The molecule has 2 aliphatic rings. The summed E-state index contributed by atoms with van der Waals surface area (Å²) in [5.74, 6) is 3.60. The average Bonchev–Trinajstić information content (AvgIpc) is 3.44. The Labute approximate surface area is 165 Å². The Morgan fingerprint density at radius 2 is 1.85 bits per heavy atom. The van der Waals surface area contributed by atoms with Gasteiger partial charge in [0.15, 0.2) is 0 Å². The van der Waals surface area contributed by atoms with Gasteiger partial charge in [-0.15, -0.1) is 0 Å². The topological polar surface area (TPSA) is 12.5 Å². The van der Waals surface area contributed by atoms with Gasteiger partial charge in [-0.05, 0) is 84.0 Å². The maximum absolute atomic E-state index is 5.73. The van der Waals surface area contributed by atoms with E-state index in [4.69, 9.17) is 4.74 Å². The summed E-state index contributed by atoms with van der Waals surface area (Å²) < 4.78 is 6.77. The SMILES string of the molecule is CCOc1cc(N2CCC(CC3CC3c3ccccc3)CC2)ccc1Br. The van der Waals surface area contributed by atoms with E-state index in [-0.39, 0.29) is 0 Å². The normalized spacial score (nSPS) is 23.1. The Bertz CT molecular complexity index is 724. The van der Waals surface area contributed by atoms with Gasteiger partial charge in [-0.2, -0.15) is 0 Å². The lowest BCUT2D eigenvalue weighted by Crippen LogP contribution is -2.33. The zero-order valence-corrected chi connectivity index (χ0v) is 17.1. The fourth-order valence-corrected chi connectivity index (χ4v) is 4.79. The first kappa shape index (κ1) is 17.9. The van der Waals surface area contributed by atoms with E-state index in [1.54, 1.807) is 5.56 Å². The van der Waals surface area contributed by atoms with Crippen LogP contribution < -0.4 is 9.64 Å². The second-order valence-electron chi connectivity index (χ2n) is 7.73. The number of ether oxygens (including phenoxy) is 1. The van der Waals surface area contributed by atoms with Crippen LogP contribution in [0.1, 0.15) is 44.1 Å². The minimum Gasteiger partial charge on any atom is -0.493 e. The number of halogens is 1. The first-order valence-electron chi connectivity index (χ1n) is 9.97. The molecule has 2 fully saturated rings. The molecule has 26 heavy (non-hydrogen) atoms. The van der Waals surface area contributed by atoms with E-state index < -0.39 is 0 Å². The van der Waals surface area contributed by atoms with Gasteiger partial charge in [-0.1, -0.05) is 30.3 Å². The van der Waals surface area contributed by atoms with E-state index in [1.165, 1.54) is 44.5 Å². The second kappa shape index (κ2) is 8.04. The number of nitrogens with zero attached hydrogens (tertiary/aromatic N) is 1. The highest BCUT2D eigenvalue weighted by Gasteiger charge is 2.39. The third kappa shape index (κ3) is 4.09. The van der Waals surface area contributed by atoms with Gasteiger partial charge in [0.05, 0.1) is 11.1 Å². The maximum atomic E-state index is 5.73. The lowest BCUT2D eigenvalue weighted by molar-refractivity contribution is 0.337. The lowest BCUT2D eigenvalue weighted by Gasteiger charge is -2.34. The highest BCUT2D eigenvalue weighted by molar-refractivity contribution is 9.10. The highest BCUT2D eigenvalue weighted by atomic mass is 79.9. The van der Waals surface area contributed by atoms with Gasteiger partial charge in [0.1, 0.15) is 5.75 Å². The quantitative estimate of drug-likeness (QED) is 0.553. The largest absolute Gasteiger partial charge is 0.493 e. The molecular formula is C23H28BrNO. The Hall–Kier alpha value is -1.48. The van der Waals surface area contributed by atoms with Crippen molar-refractivity contribution in [2.24, 2.45) is 11.8 Å². The van der Waals surface area contributed by atoms with Gasteiger partial charge in [-0.3, -0.25) is 0 Å². The fraction of sp³-hybridized carbons (Fsp3) is 0.478. The molecule has 0 aromatic heterocycles. The van der Waals surface area contributed by atoms with Crippen LogP contribution in [-0.2, 0) is 0 Å². The van der Waals surface area contributed by atoms with Crippen LogP contribution >= 0.6 is 15.9 Å². The number of rotatable bonds is 6. The number of anilines is 1. The zero-order chi connectivity index (χ0) is 17.9. The van der Waals surface area contributed by atoms with Gasteiger partial charge < -0.3 is 9.64 Å². The molecule has 3 heteroatoms. The van der Waals surface area contributed by atoms with Crippen molar-refractivity contribution in [3.05, 3.63) is 58.6 Å². The van der Waals surface area contributed by atoms with Crippen LogP contribution in [0.3, 0.4) is 0 Å². The third-order valence-electron chi connectivity index (χ3n) is 5.98. The summed E-state index contributed by atoms with van der Waals surface area (Å²) in [6, 6.07) is 17.6. The summed E-state index contributed by atoms with van der Waals surface area (Å²) >= 11 is 3.58. The van der Waals surface area contributed by atoms with Crippen molar-refractivity contribution in [1.82, 2.24) is 0 Å². The van der Waals surface area contributed by atoms with Gasteiger partial charge in [0.25, 0.3) is 0 Å². The molecule has 1 saturated heterocycles. The molecule has 0 N–H and O–H groups in total. The van der Waals surface area contributed by atoms with E-state index >= 15 is 0 Å². The predicted molar refractivity (Wildman–Crippen MR) is 112 cm³/mol. The molecule has 4 rings (SSSR count). The molecule has 0 bridgehead atoms. The van der Waals surface area contributed by atoms with E-state index in [1.807, 2.05) is 6.92 Å². The molecule has 2 aromatic rings. The summed E-state index contributed by atoms with van der Waals surface area (Å²) in [4.78, 5) is 2.52. The molecule has 2 aromatic carbocycles. The van der Waals surface area contributed by atoms with Crippen LogP contribution in [0.4, 0.5) is 5.69 Å². The monoisotopic (exact) mass is 413 g/mol. The zero-order valence-electron chi connectivity index (χ0n) is 15.5. The molecule has 1 heterocycles. The molecule has 138 valence electrons. The molecule has 0 radical (unpaired) electrons. The molecule has 1 aliphatic carbocycles. The van der Waals surface area contributed by atoms with Crippen LogP contribution in [0, 0.1) is 11.8 Å². The Morgan fingerprint density at radius 3 is 2.58 bits per heavy atom. The fourth-order valence-electron chi connectivity index (χ4n) is 4.43. The van der Waals surface area contributed by atoms with Crippen molar-refractivity contribution in [2.75, 3.05) is 24.6 Å². The molecule has 2 unspecified atom stereocenters. The summed E-state index contributed by atoms with van der Waals surface area (Å²) in [6.45, 7) is 5.07. The van der Waals surface area contributed by atoms with Crippen LogP contribution in [0.25, 0.3) is 0 Å². The standard InChI is InChI=1S/C23H28BrNO/c1-2-26-23-16-20(8-9-22(23)24)25-12-10-17(11-13-25)14-19-15-21(19)18-6-4-3-5-7-18/h3-9,16-17,19,21H,2,10-15H2,1H3. The van der Waals surface area contributed by atoms with Crippen LogP contribution in [0.15, 0.2) is 53.0 Å². The van der Waals surface area contributed by atoms with Gasteiger partial charge in [-0.25, -0.2) is 0 Å². The van der Waals surface area contributed by atoms with Crippen molar-refractivity contribution in [3.63, 3.8) is 0 Å². The first-order valence-corrected chi connectivity index (χ1v) is 10.8. The molecule has 1 aliphatic heterocycles. The molecule has 2 atom stereocenters. The van der Waals surface area contributed by atoms with E-state index in [0.717, 1.165) is 28.0 Å². The molecule has 1 saturated carbocycles. The highest BCUT2D eigenvalue weighted by Crippen LogP contribution is 2.51. The molecular weight excluding hydrogens is 386 g/mol. The molecule has 0 amide bonds. The Balaban J connectivity index is 1.29. The van der Waals surface area contributed by atoms with Crippen LogP contribution in [0.2, 0.25) is 0 Å². The van der Waals surface area contributed by atoms with E-state index in [2.05, 4.69) is 69.4 Å². The van der Waals surface area contributed by atoms with Crippen molar-refractivity contribution >= 4 is 21.6 Å². The molecule has 2 nitrogen and oxygen atoms in total. The van der Waals surface area contributed by atoms with E-state index in [9.17, 15) is 0 Å². The summed E-state index contributed by atoms with van der Waals surface area (Å²) in [5.41, 5.74) is 2.84. The summed E-state index contributed by atoms with van der Waals surface area (Å²) in [7, 11) is 0. The Morgan fingerprint density at radius 1 is 1.08 bits per heavy atom. The maximum Gasteiger partial charge on any atom is 0.135 e. The smallest absolute Gasteiger partial charge is 0.135 e. The van der Waals surface area contributed by atoms with Crippen molar-refractivity contribution in [2.45, 2.75) is 38.5 Å². The van der Waals surface area contributed by atoms with Crippen LogP contribution in [-0.4, -0.2) is 19.7 Å². The van der Waals surface area contributed by atoms with E-state index in [0.29, 0.717) is 6.61 Å². The number of benzene rings is 2. The minimum atomic E-state index is 0.702. The number of hydrogen-bond donors (Lipinski definition) is 0. The second-order valence-corrected chi connectivity index (χ2v) is 8.58. The summed E-state index contributed by atoms with van der Waals surface area (Å²) in [6.07, 6.45) is 5.45. The third-order valence-corrected chi connectivity index (χ3v) is 6.64. The summed E-state index contributed by atoms with van der Waals surface area (Å²) in [5, 5.41) is 0. The van der Waals surface area contributed by atoms with Gasteiger partial charge in [0.2, 0.25) is 0 Å². The first-order chi connectivity index (χ1) is 12.7. The average molecular weight is 414 g/mol. The predicted octanol–water partition coefficient (Wildman–Crippen LogP) is 6.26. The molecule has 0 spiro atoms. The number of hydrogen-bond acceptors (Lipinski definition) is 2. The van der Waals surface area contributed by atoms with Gasteiger partial charge in [0, 0.05) is 24.8 Å². The van der Waals surface area contributed by atoms with Gasteiger partial charge >= 0.3 is 0 Å². The van der Waals surface area contributed by atoms with Crippen LogP contribution in [0.5, 0.6) is 5.75 Å². The Kier molecular flexibility index (Phi) is 5.54. The number of piperidine rings is 1. The van der Waals surface area contributed by atoms with Crippen molar-refractivity contribution < 1.29 is 4.74 Å². The minimum absolute atomic E-state index is 0.702. The van der Waals surface area contributed by atoms with Crippen molar-refractivity contribution in [3.8, 4) is 5.75 Å². The lowest BCUT2D eigenvalue weighted by atomic mass is 9.90.